The molecule has 1 heterocycles. The van der Waals surface area contributed by atoms with Gasteiger partial charge in [-0.1, -0.05) is 13.8 Å². The molecule has 4 heteroatoms. The minimum atomic E-state index is -0.781. The highest BCUT2D eigenvalue weighted by Gasteiger charge is 2.28. The van der Waals surface area contributed by atoms with Gasteiger partial charge in [0.1, 0.15) is 0 Å². The van der Waals surface area contributed by atoms with Gasteiger partial charge in [-0.25, -0.2) is 0 Å². The van der Waals surface area contributed by atoms with Crippen LogP contribution in [0.3, 0.4) is 0 Å². The van der Waals surface area contributed by atoms with Crippen LogP contribution in [0.25, 0.3) is 0 Å². The molecule has 0 bridgehead atoms. The highest BCUT2D eigenvalue weighted by Crippen LogP contribution is 2.37. The van der Waals surface area contributed by atoms with Crippen LogP contribution in [-0.4, -0.2) is 20.9 Å². The van der Waals surface area contributed by atoms with Gasteiger partial charge < -0.3 is 5.11 Å². The van der Waals surface area contributed by atoms with Crippen LogP contribution in [0.1, 0.15) is 56.1 Å². The molecule has 3 unspecified atom stereocenters. The Balaban J connectivity index is 2.24. The molecule has 3 atom stereocenters. The van der Waals surface area contributed by atoms with Crippen molar-refractivity contribution in [2.24, 2.45) is 11.8 Å². The lowest BCUT2D eigenvalue weighted by atomic mass is 9.79. The van der Waals surface area contributed by atoms with Gasteiger partial charge >= 0.3 is 5.97 Å². The molecule has 1 N–H and O–H groups in total. The van der Waals surface area contributed by atoms with E-state index in [2.05, 4.69) is 23.6 Å². The predicted molar refractivity (Wildman–Crippen MR) is 74.3 cm³/mol. The average molecular weight is 264 g/mol. The number of aryl methyl sites for hydroxylation is 1. The molecule has 1 fully saturated rings. The molecule has 1 saturated carbocycles. The first kappa shape index (κ1) is 14.1. The van der Waals surface area contributed by atoms with Gasteiger partial charge in [0.15, 0.2) is 0 Å². The minimum absolute atomic E-state index is 0.0797. The van der Waals surface area contributed by atoms with Crippen LogP contribution in [0.2, 0.25) is 0 Å². The summed E-state index contributed by atoms with van der Waals surface area (Å²) in [5, 5.41) is 13.6. The Morgan fingerprint density at radius 3 is 2.58 bits per heavy atom. The Bertz CT molecular complexity index is 479. The molecule has 106 valence electrons. The van der Waals surface area contributed by atoms with Crippen LogP contribution in [-0.2, 0) is 11.2 Å². The van der Waals surface area contributed by atoms with Gasteiger partial charge in [0.2, 0.25) is 0 Å². The van der Waals surface area contributed by atoms with E-state index in [9.17, 15) is 4.79 Å². The summed E-state index contributed by atoms with van der Waals surface area (Å²) in [6, 6.07) is 0.437. The molecule has 0 amide bonds. The van der Waals surface area contributed by atoms with Crippen molar-refractivity contribution in [2.75, 3.05) is 0 Å². The molecular weight excluding hydrogens is 240 g/mol. The van der Waals surface area contributed by atoms with Crippen molar-refractivity contribution in [2.45, 2.75) is 59.4 Å². The summed E-state index contributed by atoms with van der Waals surface area (Å²) in [5.74, 6) is 0.716. The second-order valence-corrected chi connectivity index (χ2v) is 6.09. The third-order valence-electron chi connectivity index (χ3n) is 4.72. The second-order valence-electron chi connectivity index (χ2n) is 6.09. The number of carbonyl (C=O) groups is 1. The van der Waals surface area contributed by atoms with Crippen LogP contribution in [0.15, 0.2) is 0 Å². The summed E-state index contributed by atoms with van der Waals surface area (Å²) in [5.41, 5.74) is 2.79. The van der Waals surface area contributed by atoms with Crippen molar-refractivity contribution < 1.29 is 9.90 Å². The van der Waals surface area contributed by atoms with E-state index in [0.717, 1.165) is 35.7 Å². The normalized spacial score (nSPS) is 27.5. The number of nitrogens with zero attached hydrogens (tertiary/aromatic N) is 2. The van der Waals surface area contributed by atoms with Crippen molar-refractivity contribution in [1.29, 1.82) is 0 Å². The van der Waals surface area contributed by atoms with Crippen LogP contribution in [0.4, 0.5) is 0 Å². The van der Waals surface area contributed by atoms with Crippen molar-refractivity contribution in [3.8, 4) is 0 Å². The maximum Gasteiger partial charge on any atom is 0.307 e. The summed E-state index contributed by atoms with van der Waals surface area (Å²) in [6.45, 7) is 8.54. The Morgan fingerprint density at radius 2 is 2.00 bits per heavy atom. The Kier molecular flexibility index (Phi) is 3.97. The molecular formula is C15H24N2O2. The smallest absolute Gasteiger partial charge is 0.307 e. The number of aromatic nitrogens is 2. The number of hydrogen-bond donors (Lipinski definition) is 1. The van der Waals surface area contributed by atoms with Gasteiger partial charge in [0, 0.05) is 11.3 Å². The molecule has 1 aromatic heterocycles. The Labute approximate surface area is 114 Å². The van der Waals surface area contributed by atoms with E-state index in [-0.39, 0.29) is 6.42 Å². The van der Waals surface area contributed by atoms with E-state index in [4.69, 9.17) is 5.11 Å². The Hall–Kier alpha value is -1.32. The molecule has 2 rings (SSSR count). The lowest BCUT2D eigenvalue weighted by molar-refractivity contribution is -0.136. The summed E-state index contributed by atoms with van der Waals surface area (Å²) < 4.78 is 2.08. The van der Waals surface area contributed by atoms with E-state index < -0.39 is 5.97 Å². The van der Waals surface area contributed by atoms with Gasteiger partial charge in [0.25, 0.3) is 0 Å². The van der Waals surface area contributed by atoms with Crippen LogP contribution in [0.5, 0.6) is 0 Å². The molecule has 4 nitrogen and oxygen atoms in total. The molecule has 0 aromatic carbocycles. The first-order valence-electron chi connectivity index (χ1n) is 7.16. The number of hydrogen-bond acceptors (Lipinski definition) is 2. The maximum absolute atomic E-state index is 10.9. The van der Waals surface area contributed by atoms with Crippen LogP contribution < -0.4 is 0 Å². The fraction of sp³-hybridized carbons (Fsp3) is 0.733. The predicted octanol–water partition coefficient (Wildman–Crippen LogP) is 3.12. The van der Waals surface area contributed by atoms with E-state index in [1.165, 1.54) is 6.42 Å². The van der Waals surface area contributed by atoms with Crippen molar-refractivity contribution >= 4 is 5.97 Å². The molecule has 0 spiro atoms. The molecule has 1 aliphatic carbocycles. The summed E-state index contributed by atoms with van der Waals surface area (Å²) in [6.07, 6.45) is 3.62. The number of carboxylic acid groups (broad SMARTS) is 1. The average Bonchev–Trinajstić information content (AvgIpc) is 2.60. The largest absolute Gasteiger partial charge is 0.481 e. The first-order chi connectivity index (χ1) is 8.90. The monoisotopic (exact) mass is 264 g/mol. The zero-order valence-electron chi connectivity index (χ0n) is 12.3. The topological polar surface area (TPSA) is 55.1 Å². The third-order valence-corrected chi connectivity index (χ3v) is 4.72. The highest BCUT2D eigenvalue weighted by molar-refractivity contribution is 5.70. The van der Waals surface area contributed by atoms with Gasteiger partial charge in [-0.2, -0.15) is 5.10 Å². The molecule has 0 saturated heterocycles. The number of carboxylic acids is 1. The molecule has 1 aromatic rings. The minimum Gasteiger partial charge on any atom is -0.481 e. The van der Waals surface area contributed by atoms with Crippen molar-refractivity contribution in [3.05, 3.63) is 17.0 Å². The lowest BCUT2D eigenvalue weighted by Gasteiger charge is -2.32. The zero-order valence-corrected chi connectivity index (χ0v) is 12.3. The summed E-state index contributed by atoms with van der Waals surface area (Å²) >= 11 is 0. The SMILES string of the molecule is Cc1nn(C2CCC(C)C(C)C2)c(C)c1CC(=O)O. The van der Waals surface area contributed by atoms with Gasteiger partial charge in [-0.15, -0.1) is 0 Å². The molecule has 0 radical (unpaired) electrons. The van der Waals surface area contributed by atoms with E-state index in [1.807, 2.05) is 13.8 Å². The van der Waals surface area contributed by atoms with E-state index >= 15 is 0 Å². The van der Waals surface area contributed by atoms with E-state index in [0.29, 0.717) is 12.0 Å². The maximum atomic E-state index is 10.9. The fourth-order valence-corrected chi connectivity index (χ4v) is 3.20. The second kappa shape index (κ2) is 5.35. The fourth-order valence-electron chi connectivity index (χ4n) is 3.20. The first-order valence-corrected chi connectivity index (χ1v) is 7.16. The third kappa shape index (κ3) is 2.82. The van der Waals surface area contributed by atoms with Crippen molar-refractivity contribution in [3.63, 3.8) is 0 Å². The van der Waals surface area contributed by atoms with Crippen molar-refractivity contribution in [1.82, 2.24) is 9.78 Å². The Morgan fingerprint density at radius 1 is 1.32 bits per heavy atom. The highest BCUT2D eigenvalue weighted by atomic mass is 16.4. The molecule has 19 heavy (non-hydrogen) atoms. The zero-order chi connectivity index (χ0) is 14.2. The summed E-state index contributed by atoms with van der Waals surface area (Å²) in [4.78, 5) is 10.9. The molecule has 0 aliphatic heterocycles. The van der Waals surface area contributed by atoms with Crippen LogP contribution in [0, 0.1) is 25.7 Å². The van der Waals surface area contributed by atoms with Gasteiger partial charge in [0.05, 0.1) is 18.2 Å². The number of rotatable bonds is 3. The van der Waals surface area contributed by atoms with E-state index in [1.54, 1.807) is 0 Å². The lowest BCUT2D eigenvalue weighted by Crippen LogP contribution is -2.24. The number of aliphatic carboxylic acids is 1. The van der Waals surface area contributed by atoms with Crippen LogP contribution >= 0.6 is 0 Å². The molecule has 1 aliphatic rings. The summed E-state index contributed by atoms with van der Waals surface area (Å²) in [7, 11) is 0. The van der Waals surface area contributed by atoms with Gasteiger partial charge in [-0.05, 0) is 44.9 Å². The van der Waals surface area contributed by atoms with Gasteiger partial charge in [-0.3, -0.25) is 9.48 Å². The standard InChI is InChI=1S/C15H24N2O2/c1-9-5-6-13(7-10(9)2)17-12(4)14(8-15(18)19)11(3)16-17/h9-10,13H,5-8H2,1-4H3,(H,18,19). The quantitative estimate of drug-likeness (QED) is 0.912.